The topological polar surface area (TPSA) is 44.4 Å². The summed E-state index contributed by atoms with van der Waals surface area (Å²) in [4.78, 5) is 14.1. The van der Waals surface area contributed by atoms with E-state index in [2.05, 4.69) is 22.6 Å². The molecule has 0 aromatic heterocycles. The van der Waals surface area contributed by atoms with Gasteiger partial charge in [0.25, 0.3) is 0 Å². The molecule has 1 aromatic rings. The molecule has 1 aliphatic carbocycles. The van der Waals surface area contributed by atoms with Gasteiger partial charge in [-0.25, -0.2) is 0 Å². The number of likely N-dealkylation sites (N-methyl/N-ethyl adjacent to an activating group) is 1. The van der Waals surface area contributed by atoms with Crippen molar-refractivity contribution in [2.75, 3.05) is 32.0 Å². The van der Waals surface area contributed by atoms with Crippen LogP contribution in [0.25, 0.3) is 0 Å². The van der Waals surface area contributed by atoms with E-state index in [1.165, 1.54) is 25.7 Å². The highest BCUT2D eigenvalue weighted by molar-refractivity contribution is 5.92. The van der Waals surface area contributed by atoms with Crippen molar-refractivity contribution in [3.8, 4) is 0 Å². The van der Waals surface area contributed by atoms with Gasteiger partial charge in [0.05, 0.1) is 6.54 Å². The molecule has 0 spiro atoms. The third kappa shape index (κ3) is 4.94. The number of benzene rings is 1. The van der Waals surface area contributed by atoms with Crippen LogP contribution in [0, 0.1) is 0 Å². The quantitative estimate of drug-likeness (QED) is 0.749. The summed E-state index contributed by atoms with van der Waals surface area (Å²) in [6, 6.07) is 10.3. The molecule has 4 heteroatoms. The molecule has 0 unspecified atom stereocenters. The molecule has 0 heterocycles. The van der Waals surface area contributed by atoms with Gasteiger partial charge in [-0.15, -0.1) is 0 Å². The Labute approximate surface area is 121 Å². The molecule has 0 bridgehead atoms. The molecule has 20 heavy (non-hydrogen) atoms. The Morgan fingerprint density at radius 3 is 2.65 bits per heavy atom. The molecule has 1 fully saturated rings. The van der Waals surface area contributed by atoms with Gasteiger partial charge in [0.1, 0.15) is 0 Å². The second-order valence-electron chi connectivity index (χ2n) is 5.51. The second-order valence-corrected chi connectivity index (χ2v) is 5.51. The van der Waals surface area contributed by atoms with Gasteiger partial charge in [-0.05, 0) is 32.0 Å². The van der Waals surface area contributed by atoms with Crippen LogP contribution in [0.15, 0.2) is 30.3 Å². The lowest BCUT2D eigenvalue weighted by Gasteiger charge is -2.23. The molecule has 0 aliphatic heterocycles. The van der Waals surface area contributed by atoms with Crippen LogP contribution in [0.4, 0.5) is 5.69 Å². The first-order chi connectivity index (χ1) is 9.75. The van der Waals surface area contributed by atoms with Gasteiger partial charge in [0.15, 0.2) is 0 Å². The van der Waals surface area contributed by atoms with Crippen molar-refractivity contribution in [1.29, 1.82) is 0 Å². The Morgan fingerprint density at radius 1 is 1.25 bits per heavy atom. The third-order valence-corrected chi connectivity index (χ3v) is 3.93. The zero-order valence-electron chi connectivity index (χ0n) is 12.3. The van der Waals surface area contributed by atoms with Crippen molar-refractivity contribution in [3.63, 3.8) is 0 Å². The Kier molecular flexibility index (Phi) is 6.02. The molecule has 4 nitrogen and oxygen atoms in total. The molecule has 1 aliphatic rings. The highest BCUT2D eigenvalue weighted by Gasteiger charge is 2.18. The lowest BCUT2D eigenvalue weighted by atomic mass is 10.2. The van der Waals surface area contributed by atoms with E-state index >= 15 is 0 Å². The van der Waals surface area contributed by atoms with E-state index in [1.54, 1.807) is 0 Å². The number of amides is 1. The molecule has 2 rings (SSSR count). The van der Waals surface area contributed by atoms with E-state index in [-0.39, 0.29) is 5.91 Å². The van der Waals surface area contributed by atoms with Crippen molar-refractivity contribution in [2.24, 2.45) is 0 Å². The van der Waals surface area contributed by atoms with Gasteiger partial charge < -0.3 is 15.5 Å². The maximum absolute atomic E-state index is 11.7. The number of carbonyl (C=O) groups is 1. The Hall–Kier alpha value is -1.39. The van der Waals surface area contributed by atoms with Gasteiger partial charge in [0.2, 0.25) is 5.91 Å². The fraction of sp³-hybridized carbons (Fsp3) is 0.562. The molecule has 0 saturated heterocycles. The average Bonchev–Trinajstić information content (AvgIpc) is 2.99. The van der Waals surface area contributed by atoms with Crippen LogP contribution in [-0.2, 0) is 4.79 Å². The lowest BCUT2D eigenvalue weighted by Crippen LogP contribution is -2.37. The summed E-state index contributed by atoms with van der Waals surface area (Å²) in [7, 11) is 2.18. The van der Waals surface area contributed by atoms with Crippen molar-refractivity contribution in [2.45, 2.75) is 31.7 Å². The van der Waals surface area contributed by atoms with Crippen molar-refractivity contribution in [1.82, 2.24) is 10.2 Å². The fourth-order valence-electron chi connectivity index (χ4n) is 2.71. The van der Waals surface area contributed by atoms with Gasteiger partial charge in [0, 0.05) is 24.8 Å². The van der Waals surface area contributed by atoms with Crippen LogP contribution in [0.2, 0.25) is 0 Å². The molecule has 110 valence electrons. The first-order valence-corrected chi connectivity index (χ1v) is 7.51. The van der Waals surface area contributed by atoms with Crippen LogP contribution in [0.3, 0.4) is 0 Å². The van der Waals surface area contributed by atoms with Gasteiger partial charge >= 0.3 is 0 Å². The average molecular weight is 275 g/mol. The summed E-state index contributed by atoms with van der Waals surface area (Å²) in [5, 5.41) is 6.08. The summed E-state index contributed by atoms with van der Waals surface area (Å²) in [5.74, 6) is 0.0136. The predicted octanol–water partition coefficient (Wildman–Crippen LogP) is 2.09. The summed E-state index contributed by atoms with van der Waals surface area (Å²) in [6.45, 7) is 2.23. The number of hydrogen-bond donors (Lipinski definition) is 2. The second kappa shape index (κ2) is 8.02. The summed E-state index contributed by atoms with van der Waals surface area (Å²) < 4.78 is 0. The summed E-state index contributed by atoms with van der Waals surface area (Å²) in [6.07, 6.45) is 5.37. The van der Waals surface area contributed by atoms with E-state index in [9.17, 15) is 4.79 Å². The number of nitrogens with zero attached hydrogens (tertiary/aromatic N) is 1. The monoisotopic (exact) mass is 275 g/mol. The number of anilines is 1. The van der Waals surface area contributed by atoms with Crippen LogP contribution in [-0.4, -0.2) is 43.5 Å². The minimum Gasteiger partial charge on any atom is -0.325 e. The smallest absolute Gasteiger partial charge is 0.238 e. The Balaban J connectivity index is 1.57. The minimum absolute atomic E-state index is 0.0136. The fourth-order valence-corrected chi connectivity index (χ4v) is 2.71. The van der Waals surface area contributed by atoms with E-state index in [4.69, 9.17) is 0 Å². The van der Waals surface area contributed by atoms with Gasteiger partial charge in [-0.3, -0.25) is 4.79 Å². The zero-order chi connectivity index (χ0) is 14.2. The standard InChI is InChI=1S/C16H25N3O/c1-19(15-9-5-6-10-15)12-11-17-13-16(20)18-14-7-3-2-4-8-14/h2-4,7-8,15,17H,5-6,9-13H2,1H3,(H,18,20). The highest BCUT2D eigenvalue weighted by atomic mass is 16.1. The van der Waals surface area contributed by atoms with E-state index in [0.717, 1.165) is 24.8 Å². The maximum atomic E-state index is 11.7. The normalized spacial score (nSPS) is 15.7. The minimum atomic E-state index is 0.0136. The maximum Gasteiger partial charge on any atom is 0.238 e. The summed E-state index contributed by atoms with van der Waals surface area (Å²) in [5.41, 5.74) is 0.849. The Morgan fingerprint density at radius 2 is 1.95 bits per heavy atom. The predicted molar refractivity (Wildman–Crippen MR) is 82.8 cm³/mol. The molecule has 1 amide bonds. The largest absolute Gasteiger partial charge is 0.325 e. The van der Waals surface area contributed by atoms with Crippen molar-refractivity contribution < 1.29 is 4.79 Å². The summed E-state index contributed by atoms with van der Waals surface area (Å²) >= 11 is 0. The first kappa shape index (κ1) is 15.0. The van der Waals surface area contributed by atoms with Crippen LogP contribution >= 0.6 is 0 Å². The van der Waals surface area contributed by atoms with Crippen molar-refractivity contribution >= 4 is 11.6 Å². The lowest BCUT2D eigenvalue weighted by molar-refractivity contribution is -0.115. The van der Waals surface area contributed by atoms with Gasteiger partial charge in [-0.1, -0.05) is 31.0 Å². The first-order valence-electron chi connectivity index (χ1n) is 7.51. The van der Waals surface area contributed by atoms with E-state index in [0.29, 0.717) is 6.54 Å². The molecular weight excluding hydrogens is 250 g/mol. The van der Waals surface area contributed by atoms with Gasteiger partial charge in [-0.2, -0.15) is 0 Å². The van der Waals surface area contributed by atoms with Crippen LogP contribution in [0.5, 0.6) is 0 Å². The number of hydrogen-bond acceptors (Lipinski definition) is 3. The molecule has 0 radical (unpaired) electrons. The molecule has 0 atom stereocenters. The van der Waals surface area contributed by atoms with E-state index in [1.807, 2.05) is 30.3 Å². The number of rotatable bonds is 7. The number of carbonyl (C=O) groups excluding carboxylic acids is 1. The molecule has 1 saturated carbocycles. The zero-order valence-corrected chi connectivity index (χ0v) is 12.3. The molecule has 1 aromatic carbocycles. The van der Waals surface area contributed by atoms with Crippen molar-refractivity contribution in [3.05, 3.63) is 30.3 Å². The third-order valence-electron chi connectivity index (χ3n) is 3.93. The number of nitrogens with one attached hydrogen (secondary N) is 2. The highest BCUT2D eigenvalue weighted by Crippen LogP contribution is 2.21. The van der Waals surface area contributed by atoms with Crippen LogP contribution < -0.4 is 10.6 Å². The molecular formula is C16H25N3O. The molecule has 2 N–H and O–H groups in total. The number of para-hydroxylation sites is 1. The van der Waals surface area contributed by atoms with E-state index < -0.39 is 0 Å². The van der Waals surface area contributed by atoms with Crippen LogP contribution in [0.1, 0.15) is 25.7 Å². The Bertz CT molecular complexity index is 401. The SMILES string of the molecule is CN(CCNCC(=O)Nc1ccccc1)C1CCCC1.